The fraction of sp³-hybridized carbons (Fsp3) is 0.273. The number of rotatable bonds is 4. The topological polar surface area (TPSA) is 52.6 Å². The minimum absolute atomic E-state index is 0.0824. The molecule has 0 unspecified atom stereocenters. The Morgan fingerprint density at radius 2 is 2.06 bits per heavy atom. The second kappa shape index (κ2) is 5.52. The van der Waals surface area contributed by atoms with Crippen molar-refractivity contribution >= 4 is 12.3 Å². The molecular weight excluding hydrogens is 253 g/mol. The van der Waals surface area contributed by atoms with E-state index in [9.17, 15) is 22.8 Å². The van der Waals surface area contributed by atoms with Crippen LogP contribution >= 0.6 is 0 Å². The molecule has 98 valence electrons. The molecule has 0 heterocycles. The fourth-order valence-corrected chi connectivity index (χ4v) is 1.10. The van der Waals surface area contributed by atoms with Crippen molar-refractivity contribution in [3.8, 4) is 11.5 Å². The molecule has 0 aliphatic carbocycles. The Morgan fingerprint density at radius 3 is 2.56 bits per heavy atom. The summed E-state index contributed by atoms with van der Waals surface area (Å²) in [5.41, 5.74) is -0.196. The summed E-state index contributed by atoms with van der Waals surface area (Å²) in [7, 11) is 0. The minimum atomic E-state index is -4.85. The molecule has 4 nitrogen and oxygen atoms in total. The molecule has 18 heavy (non-hydrogen) atoms. The van der Waals surface area contributed by atoms with Gasteiger partial charge in [0.25, 0.3) is 0 Å². The van der Waals surface area contributed by atoms with Crippen LogP contribution in [0.15, 0.2) is 18.2 Å². The van der Waals surface area contributed by atoms with Gasteiger partial charge in [0.05, 0.1) is 5.56 Å². The summed E-state index contributed by atoms with van der Waals surface area (Å²) >= 11 is 0. The van der Waals surface area contributed by atoms with Crippen LogP contribution in [0.3, 0.4) is 0 Å². The van der Waals surface area contributed by atoms with E-state index in [-0.39, 0.29) is 24.0 Å². The standard InChI is InChI=1S/C11H9F3O4/c1-2-10(16)17-9-4-3-8(5-7(9)6-15)18-11(12,13)14/h3-6H,2H2,1H3. The van der Waals surface area contributed by atoms with Gasteiger partial charge < -0.3 is 9.47 Å². The van der Waals surface area contributed by atoms with Gasteiger partial charge in [-0.05, 0) is 18.2 Å². The highest BCUT2D eigenvalue weighted by Gasteiger charge is 2.31. The van der Waals surface area contributed by atoms with Gasteiger partial charge in [0.2, 0.25) is 0 Å². The van der Waals surface area contributed by atoms with E-state index in [0.29, 0.717) is 0 Å². The van der Waals surface area contributed by atoms with E-state index in [1.54, 1.807) is 6.92 Å². The van der Waals surface area contributed by atoms with Crippen molar-refractivity contribution in [1.29, 1.82) is 0 Å². The molecule has 0 N–H and O–H groups in total. The van der Waals surface area contributed by atoms with Crippen molar-refractivity contribution in [2.75, 3.05) is 0 Å². The van der Waals surface area contributed by atoms with Crippen molar-refractivity contribution in [1.82, 2.24) is 0 Å². The smallest absolute Gasteiger partial charge is 0.426 e. The van der Waals surface area contributed by atoms with Gasteiger partial charge in [-0.1, -0.05) is 6.92 Å². The molecule has 0 saturated carbocycles. The number of hydrogen-bond acceptors (Lipinski definition) is 4. The molecule has 0 bridgehead atoms. The van der Waals surface area contributed by atoms with Crippen LogP contribution in [0.5, 0.6) is 11.5 Å². The van der Waals surface area contributed by atoms with Crippen molar-refractivity contribution in [2.24, 2.45) is 0 Å². The second-order valence-electron chi connectivity index (χ2n) is 3.19. The summed E-state index contributed by atoms with van der Waals surface area (Å²) < 4.78 is 44.2. The van der Waals surface area contributed by atoms with Crippen LogP contribution in [0.1, 0.15) is 23.7 Å². The van der Waals surface area contributed by atoms with Gasteiger partial charge in [-0.2, -0.15) is 0 Å². The van der Waals surface area contributed by atoms with Gasteiger partial charge in [0, 0.05) is 6.42 Å². The summed E-state index contributed by atoms with van der Waals surface area (Å²) in [6, 6.07) is 2.87. The van der Waals surface area contributed by atoms with E-state index < -0.39 is 18.1 Å². The van der Waals surface area contributed by atoms with Crippen molar-refractivity contribution in [2.45, 2.75) is 19.7 Å². The Bertz CT molecular complexity index is 454. The first-order valence-electron chi connectivity index (χ1n) is 4.91. The van der Waals surface area contributed by atoms with Crippen LogP contribution in [-0.2, 0) is 4.79 Å². The van der Waals surface area contributed by atoms with Gasteiger partial charge in [-0.3, -0.25) is 9.59 Å². The number of carbonyl (C=O) groups is 2. The SMILES string of the molecule is CCC(=O)Oc1ccc(OC(F)(F)F)cc1C=O. The van der Waals surface area contributed by atoms with E-state index in [2.05, 4.69) is 4.74 Å². The zero-order valence-electron chi connectivity index (χ0n) is 9.28. The quantitative estimate of drug-likeness (QED) is 0.475. The summed E-state index contributed by atoms with van der Waals surface area (Å²) in [4.78, 5) is 21.7. The summed E-state index contributed by atoms with van der Waals surface area (Å²) in [5.74, 6) is -1.25. The number of esters is 1. The zero-order valence-corrected chi connectivity index (χ0v) is 9.28. The summed E-state index contributed by atoms with van der Waals surface area (Å²) in [6.45, 7) is 1.55. The van der Waals surface area contributed by atoms with Crippen LogP contribution in [0, 0.1) is 0 Å². The Kier molecular flexibility index (Phi) is 4.30. The zero-order chi connectivity index (χ0) is 13.8. The first kappa shape index (κ1) is 14.0. The average Bonchev–Trinajstić information content (AvgIpc) is 2.28. The predicted octanol–water partition coefficient (Wildman–Crippen LogP) is 2.71. The molecule has 1 aromatic rings. The molecule has 0 saturated heterocycles. The summed E-state index contributed by atoms with van der Waals surface area (Å²) in [6.07, 6.45) is -4.48. The lowest BCUT2D eigenvalue weighted by Crippen LogP contribution is -2.17. The Morgan fingerprint density at radius 1 is 1.39 bits per heavy atom. The second-order valence-corrected chi connectivity index (χ2v) is 3.19. The van der Waals surface area contributed by atoms with E-state index in [4.69, 9.17) is 4.74 Å². The molecule has 0 aromatic heterocycles. The van der Waals surface area contributed by atoms with Crippen LogP contribution in [-0.4, -0.2) is 18.6 Å². The van der Waals surface area contributed by atoms with Crippen LogP contribution < -0.4 is 9.47 Å². The van der Waals surface area contributed by atoms with E-state index in [0.717, 1.165) is 18.2 Å². The number of aldehydes is 1. The first-order chi connectivity index (χ1) is 8.35. The molecular formula is C11H9F3O4. The van der Waals surface area contributed by atoms with Crippen LogP contribution in [0.25, 0.3) is 0 Å². The van der Waals surface area contributed by atoms with Crippen molar-refractivity contribution < 1.29 is 32.2 Å². The molecule has 0 aliphatic rings. The minimum Gasteiger partial charge on any atom is -0.426 e. The maximum Gasteiger partial charge on any atom is 0.573 e. The number of hydrogen-bond donors (Lipinski definition) is 0. The van der Waals surface area contributed by atoms with Gasteiger partial charge in [0.15, 0.2) is 6.29 Å². The number of benzene rings is 1. The third kappa shape index (κ3) is 4.08. The molecule has 0 amide bonds. The summed E-state index contributed by atoms with van der Waals surface area (Å²) in [5, 5.41) is 0. The van der Waals surface area contributed by atoms with Crippen LogP contribution in [0.2, 0.25) is 0 Å². The van der Waals surface area contributed by atoms with Crippen LogP contribution in [0.4, 0.5) is 13.2 Å². The Hall–Kier alpha value is -2.05. The predicted molar refractivity (Wildman–Crippen MR) is 54.4 cm³/mol. The Balaban J connectivity index is 2.96. The molecule has 1 rings (SSSR count). The molecule has 7 heteroatoms. The fourth-order valence-electron chi connectivity index (χ4n) is 1.10. The molecule has 1 aromatic carbocycles. The Labute approximate surface area is 100 Å². The van der Waals surface area contributed by atoms with Crippen molar-refractivity contribution in [3.05, 3.63) is 23.8 Å². The number of ether oxygens (including phenoxy) is 2. The average molecular weight is 262 g/mol. The molecule has 0 radical (unpaired) electrons. The third-order valence-corrected chi connectivity index (χ3v) is 1.85. The lowest BCUT2D eigenvalue weighted by molar-refractivity contribution is -0.274. The molecule has 0 aliphatic heterocycles. The largest absolute Gasteiger partial charge is 0.573 e. The highest BCUT2D eigenvalue weighted by Crippen LogP contribution is 2.27. The van der Waals surface area contributed by atoms with E-state index >= 15 is 0 Å². The van der Waals surface area contributed by atoms with Crippen molar-refractivity contribution in [3.63, 3.8) is 0 Å². The monoisotopic (exact) mass is 262 g/mol. The lowest BCUT2D eigenvalue weighted by Gasteiger charge is -2.11. The first-order valence-corrected chi connectivity index (χ1v) is 4.91. The third-order valence-electron chi connectivity index (χ3n) is 1.85. The lowest BCUT2D eigenvalue weighted by atomic mass is 10.2. The van der Waals surface area contributed by atoms with Gasteiger partial charge in [0.1, 0.15) is 11.5 Å². The molecule has 0 atom stereocenters. The van der Waals surface area contributed by atoms with Gasteiger partial charge >= 0.3 is 12.3 Å². The van der Waals surface area contributed by atoms with E-state index in [1.165, 1.54) is 0 Å². The molecule has 0 spiro atoms. The maximum absolute atomic E-state index is 11.9. The number of halogens is 3. The van der Waals surface area contributed by atoms with Gasteiger partial charge in [-0.25, -0.2) is 0 Å². The van der Waals surface area contributed by atoms with E-state index in [1.807, 2.05) is 0 Å². The maximum atomic E-state index is 11.9. The molecule has 0 fully saturated rings. The van der Waals surface area contributed by atoms with Gasteiger partial charge in [-0.15, -0.1) is 13.2 Å². The highest BCUT2D eigenvalue weighted by atomic mass is 19.4. The highest BCUT2D eigenvalue weighted by molar-refractivity contribution is 5.83. The normalized spacial score (nSPS) is 10.9. The number of alkyl halides is 3. The number of carbonyl (C=O) groups excluding carboxylic acids is 2.